The fraction of sp³-hybridized carbons (Fsp3) is 0.0545. The molecule has 0 heterocycles. The van der Waals surface area contributed by atoms with E-state index in [2.05, 4.69) is 231 Å². The van der Waals surface area contributed by atoms with Crippen LogP contribution >= 0.6 is 0 Å². The fourth-order valence-electron chi connectivity index (χ4n) is 8.94. The van der Waals surface area contributed by atoms with Crippen molar-refractivity contribution >= 4 is 27.8 Å². The third-order valence-corrected chi connectivity index (χ3v) is 11.7. The molecule has 0 radical (unpaired) electrons. The maximum atomic E-state index is 2.48. The summed E-state index contributed by atoms with van der Waals surface area (Å²) in [6, 6.07) is 77.5. The van der Waals surface area contributed by atoms with E-state index >= 15 is 0 Å². The van der Waals surface area contributed by atoms with Gasteiger partial charge < -0.3 is 4.90 Å². The van der Waals surface area contributed by atoms with Crippen molar-refractivity contribution in [2.24, 2.45) is 0 Å². The largest absolute Gasteiger partial charge is 0.309 e. The molecular weight excluding hydrogens is 675 g/mol. The van der Waals surface area contributed by atoms with Crippen LogP contribution in [0.25, 0.3) is 66.4 Å². The van der Waals surface area contributed by atoms with E-state index in [4.69, 9.17) is 0 Å². The maximum Gasteiger partial charge on any atom is 0.0543 e. The summed E-state index contributed by atoms with van der Waals surface area (Å²) in [7, 11) is 0. The molecule has 0 fully saturated rings. The molecule has 1 aliphatic carbocycles. The van der Waals surface area contributed by atoms with E-state index < -0.39 is 0 Å². The van der Waals surface area contributed by atoms with Crippen molar-refractivity contribution in [1.29, 1.82) is 0 Å². The Balaban J connectivity index is 1.14. The van der Waals surface area contributed by atoms with Crippen molar-refractivity contribution in [3.05, 3.63) is 223 Å². The van der Waals surface area contributed by atoms with Crippen molar-refractivity contribution in [3.8, 4) is 55.6 Å². The highest BCUT2D eigenvalue weighted by Crippen LogP contribution is 2.55. The molecule has 0 bridgehead atoms. The van der Waals surface area contributed by atoms with Gasteiger partial charge in [-0.3, -0.25) is 0 Å². The van der Waals surface area contributed by atoms with Gasteiger partial charge in [-0.25, -0.2) is 0 Å². The Morgan fingerprint density at radius 3 is 1.54 bits per heavy atom. The zero-order valence-corrected chi connectivity index (χ0v) is 31.7. The van der Waals surface area contributed by atoms with E-state index in [0.717, 1.165) is 11.4 Å². The molecule has 0 atom stereocenters. The van der Waals surface area contributed by atoms with Crippen molar-refractivity contribution in [2.75, 3.05) is 4.90 Å². The molecule has 0 amide bonds. The van der Waals surface area contributed by atoms with Gasteiger partial charge in [-0.1, -0.05) is 202 Å². The lowest BCUT2D eigenvalue weighted by molar-refractivity contribution is 0.660. The van der Waals surface area contributed by atoms with Gasteiger partial charge in [0.25, 0.3) is 0 Å². The standard InChI is InChI=1S/C55H41N/c1-55(2)50-26-12-10-24-49(50)54-51(55)27-15-29-53(54)56(43-36-34-41(35-37-43)46-22-9-8-21-44(46)38-16-4-3-5-17-38)52-28-13-11-23-48(52)42-32-30-40(31-33-42)47-25-14-19-39-18-6-7-20-45(39)47/h3-37H,1-2H3. The van der Waals surface area contributed by atoms with Crippen LogP contribution in [0, 0.1) is 0 Å². The first kappa shape index (κ1) is 33.6. The molecule has 0 saturated carbocycles. The van der Waals surface area contributed by atoms with Gasteiger partial charge in [-0.05, 0) is 90.7 Å². The molecule has 56 heavy (non-hydrogen) atoms. The van der Waals surface area contributed by atoms with Gasteiger partial charge in [0, 0.05) is 22.2 Å². The van der Waals surface area contributed by atoms with Crippen LogP contribution in [0.2, 0.25) is 0 Å². The SMILES string of the molecule is CC1(C)c2ccccc2-c2c(N(c3ccc(-c4ccccc4-c4ccccc4)cc3)c3ccccc3-c3ccc(-c4cccc5ccccc45)cc3)cccc21. The minimum atomic E-state index is -0.116. The van der Waals surface area contributed by atoms with Crippen LogP contribution in [0.5, 0.6) is 0 Å². The average Bonchev–Trinajstić information content (AvgIpc) is 3.50. The highest BCUT2D eigenvalue weighted by molar-refractivity contribution is 5.99. The Morgan fingerprint density at radius 2 is 0.786 bits per heavy atom. The third kappa shape index (κ3) is 5.63. The van der Waals surface area contributed by atoms with Crippen molar-refractivity contribution in [3.63, 3.8) is 0 Å². The second kappa shape index (κ2) is 13.7. The highest BCUT2D eigenvalue weighted by Gasteiger charge is 2.38. The lowest BCUT2D eigenvalue weighted by Crippen LogP contribution is -2.16. The van der Waals surface area contributed by atoms with E-state index in [1.165, 1.54) is 83.2 Å². The molecule has 1 nitrogen and oxygen atoms in total. The molecule has 0 saturated heterocycles. The molecule has 9 aromatic carbocycles. The summed E-state index contributed by atoms with van der Waals surface area (Å²) < 4.78 is 0. The van der Waals surface area contributed by atoms with Gasteiger partial charge in [-0.2, -0.15) is 0 Å². The van der Waals surface area contributed by atoms with E-state index in [-0.39, 0.29) is 5.41 Å². The molecule has 1 heteroatoms. The molecule has 0 aliphatic heterocycles. The van der Waals surface area contributed by atoms with E-state index in [9.17, 15) is 0 Å². The number of rotatable bonds is 7. The summed E-state index contributed by atoms with van der Waals surface area (Å²) in [6.07, 6.45) is 0. The molecule has 0 spiro atoms. The Bertz CT molecular complexity index is 2860. The lowest BCUT2D eigenvalue weighted by atomic mass is 9.82. The first-order valence-corrected chi connectivity index (χ1v) is 19.5. The summed E-state index contributed by atoms with van der Waals surface area (Å²) in [4.78, 5) is 2.48. The summed E-state index contributed by atoms with van der Waals surface area (Å²) in [6.45, 7) is 4.71. The normalized spacial score (nSPS) is 12.6. The Morgan fingerprint density at radius 1 is 0.321 bits per heavy atom. The van der Waals surface area contributed by atoms with E-state index in [1.54, 1.807) is 0 Å². The molecule has 0 unspecified atom stereocenters. The van der Waals surface area contributed by atoms with Crippen molar-refractivity contribution < 1.29 is 0 Å². The summed E-state index contributed by atoms with van der Waals surface area (Å²) in [5, 5.41) is 2.52. The van der Waals surface area contributed by atoms with Gasteiger partial charge in [-0.15, -0.1) is 0 Å². The van der Waals surface area contributed by atoms with Gasteiger partial charge in [0.15, 0.2) is 0 Å². The number of anilines is 3. The second-order valence-electron chi connectivity index (χ2n) is 15.3. The Labute approximate surface area is 329 Å². The van der Waals surface area contributed by atoms with Crippen LogP contribution in [0.4, 0.5) is 17.1 Å². The van der Waals surface area contributed by atoms with Crippen molar-refractivity contribution in [2.45, 2.75) is 19.3 Å². The number of para-hydroxylation sites is 1. The number of fused-ring (bicyclic) bond motifs is 4. The van der Waals surface area contributed by atoms with E-state index in [0.29, 0.717) is 0 Å². The predicted octanol–water partition coefficient (Wildman–Crippen LogP) is 15.3. The Kier molecular flexibility index (Phi) is 8.23. The van der Waals surface area contributed by atoms with Gasteiger partial charge in [0.05, 0.1) is 11.4 Å². The van der Waals surface area contributed by atoms with Gasteiger partial charge in [0.1, 0.15) is 0 Å². The van der Waals surface area contributed by atoms with Gasteiger partial charge in [0.2, 0.25) is 0 Å². The predicted molar refractivity (Wildman–Crippen MR) is 238 cm³/mol. The fourth-order valence-corrected chi connectivity index (χ4v) is 8.94. The highest BCUT2D eigenvalue weighted by atomic mass is 15.1. The number of hydrogen-bond donors (Lipinski definition) is 0. The van der Waals surface area contributed by atoms with Crippen LogP contribution in [-0.4, -0.2) is 0 Å². The smallest absolute Gasteiger partial charge is 0.0543 e. The number of nitrogens with zero attached hydrogens (tertiary/aromatic N) is 1. The number of benzene rings is 9. The monoisotopic (exact) mass is 715 g/mol. The first-order chi connectivity index (χ1) is 27.6. The third-order valence-electron chi connectivity index (χ3n) is 11.7. The summed E-state index contributed by atoms with van der Waals surface area (Å²) >= 11 is 0. The molecule has 266 valence electrons. The minimum Gasteiger partial charge on any atom is -0.309 e. The molecule has 9 aromatic rings. The zero-order valence-electron chi connectivity index (χ0n) is 31.7. The van der Waals surface area contributed by atoms with Crippen LogP contribution < -0.4 is 4.90 Å². The topological polar surface area (TPSA) is 3.24 Å². The molecule has 1 aliphatic rings. The van der Waals surface area contributed by atoms with Crippen LogP contribution in [0.15, 0.2) is 212 Å². The minimum absolute atomic E-state index is 0.116. The van der Waals surface area contributed by atoms with Gasteiger partial charge >= 0.3 is 0 Å². The van der Waals surface area contributed by atoms with Crippen molar-refractivity contribution in [1.82, 2.24) is 0 Å². The average molecular weight is 716 g/mol. The zero-order chi connectivity index (χ0) is 37.6. The Hall–Kier alpha value is -6.96. The number of hydrogen-bond acceptors (Lipinski definition) is 1. The van der Waals surface area contributed by atoms with E-state index in [1.807, 2.05) is 0 Å². The maximum absolute atomic E-state index is 2.48. The van der Waals surface area contributed by atoms with Crippen LogP contribution in [0.1, 0.15) is 25.0 Å². The molecular formula is C55H41N. The van der Waals surface area contributed by atoms with Crippen LogP contribution in [0.3, 0.4) is 0 Å². The van der Waals surface area contributed by atoms with Crippen LogP contribution in [-0.2, 0) is 5.41 Å². The summed E-state index contributed by atoms with van der Waals surface area (Å²) in [5.74, 6) is 0. The lowest BCUT2D eigenvalue weighted by Gasteiger charge is -2.30. The second-order valence-corrected chi connectivity index (χ2v) is 15.3. The first-order valence-electron chi connectivity index (χ1n) is 19.5. The molecule has 0 aromatic heterocycles. The quantitative estimate of drug-likeness (QED) is 0.159. The molecule has 0 N–H and O–H groups in total. The molecule has 10 rings (SSSR count). The summed E-state index contributed by atoms with van der Waals surface area (Å²) in [5.41, 5.74) is 18.3.